The van der Waals surface area contributed by atoms with Crippen LogP contribution >= 0.6 is 11.6 Å². The highest BCUT2D eigenvalue weighted by Crippen LogP contribution is 2.15. The second kappa shape index (κ2) is 12.6. The van der Waals surface area contributed by atoms with Crippen LogP contribution in [0.1, 0.15) is 39.0 Å². The Hall–Kier alpha value is -0.0800. The zero-order chi connectivity index (χ0) is 9.11. The molecule has 11 heavy (non-hydrogen) atoms. The third-order valence-corrected chi connectivity index (χ3v) is 1.25. The van der Waals surface area contributed by atoms with Gasteiger partial charge in [0, 0.05) is 14.0 Å². The van der Waals surface area contributed by atoms with Crippen molar-refractivity contribution in [1.29, 1.82) is 0 Å². The molecule has 0 aromatic rings. The maximum Gasteiger partial charge on any atom is 0.218 e. The summed E-state index contributed by atoms with van der Waals surface area (Å²) in [5, 5.41) is 6.64. The molecule has 1 saturated carbocycles. The molecule has 1 N–H and O–H groups in total. The average Bonchev–Trinajstić information content (AvgIpc) is 2.44. The smallest absolute Gasteiger partial charge is 0.218 e. The van der Waals surface area contributed by atoms with Crippen LogP contribution in [0.5, 0.6) is 0 Å². The van der Waals surface area contributed by atoms with Gasteiger partial charge in [-0.1, -0.05) is 32.1 Å². The number of carbonyl (C=O) groups is 1. The van der Waals surface area contributed by atoms with Crippen molar-refractivity contribution in [3.8, 4) is 0 Å². The molecule has 0 amide bonds. The maximum absolute atomic E-state index is 9.21. The Morgan fingerprint density at radius 3 is 1.27 bits per heavy atom. The van der Waals surface area contributed by atoms with E-state index >= 15 is 0 Å². The van der Waals surface area contributed by atoms with E-state index in [1.54, 1.807) is 0 Å². The SMILES string of the molecule is C1CCCC1.CC(=O)Cl.CO. The number of aliphatic hydroxyl groups excluding tert-OH is 1. The van der Waals surface area contributed by atoms with Crippen LogP contribution in [-0.4, -0.2) is 17.5 Å². The summed E-state index contributed by atoms with van der Waals surface area (Å²) in [7, 11) is 1.00. The minimum absolute atomic E-state index is 0.361. The van der Waals surface area contributed by atoms with E-state index in [1.165, 1.54) is 39.0 Å². The molecule has 0 spiro atoms. The number of hydrogen-bond donors (Lipinski definition) is 1. The van der Waals surface area contributed by atoms with E-state index in [9.17, 15) is 4.79 Å². The van der Waals surface area contributed by atoms with Gasteiger partial charge in [-0.05, 0) is 11.6 Å². The third kappa shape index (κ3) is 25.7. The first-order valence-electron chi connectivity index (χ1n) is 3.84. The predicted octanol–water partition coefficient (Wildman–Crippen LogP) is 2.33. The molecule has 0 aromatic carbocycles. The van der Waals surface area contributed by atoms with Gasteiger partial charge in [0.05, 0.1) is 0 Å². The van der Waals surface area contributed by atoms with Gasteiger partial charge in [0.2, 0.25) is 5.24 Å². The monoisotopic (exact) mass is 180 g/mol. The lowest BCUT2D eigenvalue weighted by Gasteiger charge is -1.67. The highest BCUT2D eigenvalue weighted by Gasteiger charge is 1.95. The summed E-state index contributed by atoms with van der Waals surface area (Å²) >= 11 is 4.64. The molecule has 0 bridgehead atoms. The summed E-state index contributed by atoms with van der Waals surface area (Å²) in [4.78, 5) is 9.21. The molecule has 0 radical (unpaired) electrons. The summed E-state index contributed by atoms with van der Waals surface area (Å²) in [6.45, 7) is 1.29. The average molecular weight is 181 g/mol. The Labute approximate surface area is 73.6 Å². The van der Waals surface area contributed by atoms with Crippen LogP contribution in [0.4, 0.5) is 0 Å². The van der Waals surface area contributed by atoms with Gasteiger partial charge in [0.15, 0.2) is 0 Å². The van der Waals surface area contributed by atoms with Gasteiger partial charge in [-0.3, -0.25) is 4.79 Å². The molecule has 1 aliphatic rings. The lowest BCUT2D eigenvalue weighted by Crippen LogP contribution is -1.62. The maximum atomic E-state index is 9.21. The fourth-order valence-corrected chi connectivity index (χ4v) is 0.884. The summed E-state index contributed by atoms with van der Waals surface area (Å²) in [6.07, 6.45) is 7.50. The van der Waals surface area contributed by atoms with E-state index in [-0.39, 0.29) is 5.24 Å². The Morgan fingerprint density at radius 1 is 1.09 bits per heavy atom. The van der Waals surface area contributed by atoms with Crippen molar-refractivity contribution in [2.75, 3.05) is 7.11 Å². The second-order valence-electron chi connectivity index (χ2n) is 2.24. The first-order valence-corrected chi connectivity index (χ1v) is 4.22. The lowest BCUT2D eigenvalue weighted by atomic mass is 10.4. The first kappa shape index (κ1) is 13.5. The number of carbonyl (C=O) groups excluding carboxylic acids is 1. The molecule has 2 nitrogen and oxygen atoms in total. The summed E-state index contributed by atoms with van der Waals surface area (Å²) in [5.41, 5.74) is 0. The molecule has 0 unspecified atom stereocenters. The fourth-order valence-electron chi connectivity index (χ4n) is 0.884. The Balaban J connectivity index is 0. The minimum Gasteiger partial charge on any atom is -0.400 e. The van der Waals surface area contributed by atoms with E-state index in [0.29, 0.717) is 0 Å². The van der Waals surface area contributed by atoms with E-state index in [4.69, 9.17) is 5.11 Å². The van der Waals surface area contributed by atoms with Gasteiger partial charge < -0.3 is 5.11 Å². The molecule has 0 saturated heterocycles. The number of hydrogen-bond acceptors (Lipinski definition) is 2. The van der Waals surface area contributed by atoms with Crippen LogP contribution in [0.3, 0.4) is 0 Å². The lowest BCUT2D eigenvalue weighted by molar-refractivity contribution is -0.109. The van der Waals surface area contributed by atoms with Crippen molar-refractivity contribution in [3.63, 3.8) is 0 Å². The van der Waals surface area contributed by atoms with Crippen molar-refractivity contribution in [3.05, 3.63) is 0 Å². The van der Waals surface area contributed by atoms with Crippen molar-refractivity contribution < 1.29 is 9.90 Å². The predicted molar refractivity (Wildman–Crippen MR) is 47.8 cm³/mol. The number of rotatable bonds is 0. The number of aliphatic hydroxyl groups is 1. The standard InChI is InChI=1S/C5H10.C2H3ClO.CH4O/c1-2-4-5-3-1;1-2(3)4;1-2/h1-5H2;1H3;2H,1H3. The molecule has 1 rings (SSSR count). The molecule has 0 heterocycles. The van der Waals surface area contributed by atoms with Crippen LogP contribution in [0.2, 0.25) is 0 Å². The largest absolute Gasteiger partial charge is 0.400 e. The van der Waals surface area contributed by atoms with Gasteiger partial charge in [0.25, 0.3) is 0 Å². The second-order valence-corrected chi connectivity index (χ2v) is 2.77. The van der Waals surface area contributed by atoms with Crippen molar-refractivity contribution in [2.24, 2.45) is 0 Å². The van der Waals surface area contributed by atoms with Crippen LogP contribution < -0.4 is 0 Å². The fraction of sp³-hybridized carbons (Fsp3) is 0.875. The zero-order valence-electron chi connectivity index (χ0n) is 7.27. The summed E-state index contributed by atoms with van der Waals surface area (Å²) in [5.74, 6) is 0. The molecule has 0 aliphatic heterocycles. The molecular weight excluding hydrogens is 164 g/mol. The normalized spacial score (nSPS) is 13.8. The van der Waals surface area contributed by atoms with Gasteiger partial charge in [-0.25, -0.2) is 0 Å². The molecule has 0 aromatic heterocycles. The summed E-state index contributed by atoms with van der Waals surface area (Å²) in [6, 6.07) is 0. The molecular formula is C8H17ClO2. The van der Waals surface area contributed by atoms with Crippen LogP contribution in [0.15, 0.2) is 0 Å². The van der Waals surface area contributed by atoms with Gasteiger partial charge >= 0.3 is 0 Å². The van der Waals surface area contributed by atoms with E-state index in [1.807, 2.05) is 0 Å². The molecule has 3 heteroatoms. The van der Waals surface area contributed by atoms with Crippen molar-refractivity contribution in [1.82, 2.24) is 0 Å². The molecule has 1 aliphatic carbocycles. The van der Waals surface area contributed by atoms with Crippen molar-refractivity contribution in [2.45, 2.75) is 39.0 Å². The van der Waals surface area contributed by atoms with Crippen LogP contribution in [0.25, 0.3) is 0 Å². The molecule has 1 fully saturated rings. The van der Waals surface area contributed by atoms with Crippen LogP contribution in [0, 0.1) is 0 Å². The van der Waals surface area contributed by atoms with Gasteiger partial charge in [-0.2, -0.15) is 0 Å². The van der Waals surface area contributed by atoms with Crippen molar-refractivity contribution >= 4 is 16.8 Å². The Morgan fingerprint density at radius 2 is 1.18 bits per heavy atom. The quantitative estimate of drug-likeness (QED) is 0.581. The molecule has 0 atom stereocenters. The Kier molecular flexibility index (Phi) is 15.4. The zero-order valence-corrected chi connectivity index (χ0v) is 8.02. The van der Waals surface area contributed by atoms with Gasteiger partial charge in [0.1, 0.15) is 0 Å². The van der Waals surface area contributed by atoms with Gasteiger partial charge in [-0.15, -0.1) is 0 Å². The minimum atomic E-state index is -0.361. The highest BCUT2D eigenvalue weighted by molar-refractivity contribution is 6.62. The van der Waals surface area contributed by atoms with E-state index in [0.717, 1.165) is 7.11 Å². The number of halogens is 1. The first-order chi connectivity index (χ1) is 5.23. The van der Waals surface area contributed by atoms with Crippen LogP contribution in [-0.2, 0) is 4.79 Å². The summed E-state index contributed by atoms with van der Waals surface area (Å²) < 4.78 is 0. The third-order valence-electron chi connectivity index (χ3n) is 1.25. The van der Waals surface area contributed by atoms with E-state index < -0.39 is 0 Å². The Bertz CT molecular complexity index is 68.6. The molecule has 68 valence electrons. The highest BCUT2D eigenvalue weighted by atomic mass is 35.5. The van der Waals surface area contributed by atoms with E-state index in [2.05, 4.69) is 11.6 Å². The topological polar surface area (TPSA) is 37.3 Å².